The fourth-order valence-electron chi connectivity index (χ4n) is 2.84. The predicted octanol–water partition coefficient (Wildman–Crippen LogP) is 4.48. The van der Waals surface area contributed by atoms with Gasteiger partial charge in [-0.1, -0.05) is 30.3 Å². The zero-order valence-corrected chi connectivity index (χ0v) is 14.5. The van der Waals surface area contributed by atoms with Gasteiger partial charge in [-0.25, -0.2) is 9.67 Å². The molecule has 1 unspecified atom stereocenters. The molecule has 0 fully saturated rings. The van der Waals surface area contributed by atoms with Gasteiger partial charge in [-0.15, -0.1) is 0 Å². The van der Waals surface area contributed by atoms with Crippen LogP contribution in [0.15, 0.2) is 61.2 Å². The lowest BCUT2D eigenvalue weighted by Gasteiger charge is -2.26. The molecule has 1 aromatic heterocycles. The summed E-state index contributed by atoms with van der Waals surface area (Å²) in [6, 6.07) is 13.4. The first-order valence-corrected chi connectivity index (χ1v) is 8.16. The standard InChI is InChI=1S/C19H19F3N4/c1-14(15-7-9-17(10-8-15)26-13-23-12-24-26)25(2)11-16-5-3-4-6-18(16)19(20,21)22/h3-10,12-14H,11H2,1-2H3. The Morgan fingerprint density at radius 1 is 1.08 bits per heavy atom. The summed E-state index contributed by atoms with van der Waals surface area (Å²) in [5.41, 5.74) is 1.58. The third-order valence-electron chi connectivity index (χ3n) is 4.46. The Morgan fingerprint density at radius 2 is 1.77 bits per heavy atom. The van der Waals surface area contributed by atoms with Crippen molar-refractivity contribution in [1.82, 2.24) is 19.7 Å². The average Bonchev–Trinajstić information content (AvgIpc) is 3.15. The number of halogens is 3. The Labute approximate surface area is 149 Å². The summed E-state index contributed by atoms with van der Waals surface area (Å²) in [5, 5.41) is 4.07. The summed E-state index contributed by atoms with van der Waals surface area (Å²) in [7, 11) is 1.82. The van der Waals surface area contributed by atoms with Crippen LogP contribution >= 0.6 is 0 Å². The molecule has 3 rings (SSSR count). The molecule has 26 heavy (non-hydrogen) atoms. The van der Waals surface area contributed by atoms with E-state index >= 15 is 0 Å². The topological polar surface area (TPSA) is 34.0 Å². The van der Waals surface area contributed by atoms with Crippen LogP contribution in [0.5, 0.6) is 0 Å². The van der Waals surface area contributed by atoms with Crippen molar-refractivity contribution in [3.8, 4) is 5.69 Å². The maximum Gasteiger partial charge on any atom is 0.416 e. The van der Waals surface area contributed by atoms with Gasteiger partial charge in [-0.05, 0) is 43.3 Å². The Bertz CT molecular complexity index is 842. The molecule has 0 saturated heterocycles. The summed E-state index contributed by atoms with van der Waals surface area (Å²) in [5.74, 6) is 0. The smallest absolute Gasteiger partial charge is 0.295 e. The van der Waals surface area contributed by atoms with Gasteiger partial charge in [0.05, 0.1) is 11.3 Å². The van der Waals surface area contributed by atoms with Crippen molar-refractivity contribution in [2.75, 3.05) is 7.05 Å². The van der Waals surface area contributed by atoms with Crippen LogP contribution in [0.25, 0.3) is 5.69 Å². The maximum atomic E-state index is 13.2. The van der Waals surface area contributed by atoms with E-state index in [9.17, 15) is 13.2 Å². The van der Waals surface area contributed by atoms with Gasteiger partial charge in [0.25, 0.3) is 0 Å². The van der Waals surface area contributed by atoms with E-state index in [1.807, 2.05) is 43.1 Å². The quantitative estimate of drug-likeness (QED) is 0.673. The Morgan fingerprint density at radius 3 is 2.38 bits per heavy atom. The minimum absolute atomic E-state index is 0.0407. The molecule has 0 saturated carbocycles. The van der Waals surface area contributed by atoms with Gasteiger partial charge in [0.15, 0.2) is 0 Å². The molecule has 0 aliphatic carbocycles. The molecule has 0 spiro atoms. The van der Waals surface area contributed by atoms with Crippen LogP contribution in [0.4, 0.5) is 13.2 Å². The van der Waals surface area contributed by atoms with E-state index in [2.05, 4.69) is 10.1 Å². The fraction of sp³-hybridized carbons (Fsp3) is 0.263. The summed E-state index contributed by atoms with van der Waals surface area (Å²) in [4.78, 5) is 5.81. The maximum absolute atomic E-state index is 13.2. The third kappa shape index (κ3) is 3.94. The van der Waals surface area contributed by atoms with Crippen LogP contribution in [0.3, 0.4) is 0 Å². The highest BCUT2D eigenvalue weighted by Gasteiger charge is 2.33. The van der Waals surface area contributed by atoms with Crippen LogP contribution in [0.1, 0.15) is 29.7 Å². The van der Waals surface area contributed by atoms with E-state index < -0.39 is 11.7 Å². The third-order valence-corrected chi connectivity index (χ3v) is 4.46. The summed E-state index contributed by atoms with van der Waals surface area (Å²) >= 11 is 0. The predicted molar refractivity (Wildman–Crippen MR) is 92.7 cm³/mol. The Kier molecular flexibility index (Phi) is 5.08. The SMILES string of the molecule is CC(c1ccc(-n2cncn2)cc1)N(C)Cc1ccccc1C(F)(F)F. The lowest BCUT2D eigenvalue weighted by atomic mass is 10.0. The molecule has 136 valence electrons. The molecular weight excluding hydrogens is 341 g/mol. The highest BCUT2D eigenvalue weighted by Crippen LogP contribution is 2.33. The van der Waals surface area contributed by atoms with Gasteiger partial charge < -0.3 is 0 Å². The fourth-order valence-corrected chi connectivity index (χ4v) is 2.84. The largest absolute Gasteiger partial charge is 0.416 e. The first-order valence-electron chi connectivity index (χ1n) is 8.16. The monoisotopic (exact) mass is 360 g/mol. The van der Waals surface area contributed by atoms with E-state index in [0.717, 1.165) is 17.3 Å². The molecule has 1 heterocycles. The molecule has 4 nitrogen and oxygen atoms in total. The van der Waals surface area contributed by atoms with Crippen molar-refractivity contribution < 1.29 is 13.2 Å². The molecule has 2 aromatic carbocycles. The number of benzene rings is 2. The van der Waals surface area contributed by atoms with Crippen molar-refractivity contribution >= 4 is 0 Å². The molecule has 0 N–H and O–H groups in total. The molecule has 1 atom stereocenters. The first kappa shape index (κ1) is 18.1. The number of nitrogens with zero attached hydrogens (tertiary/aromatic N) is 4. The van der Waals surface area contributed by atoms with Crippen molar-refractivity contribution in [1.29, 1.82) is 0 Å². The van der Waals surface area contributed by atoms with Gasteiger partial charge in [-0.2, -0.15) is 18.3 Å². The number of rotatable bonds is 5. The van der Waals surface area contributed by atoms with E-state index in [1.165, 1.54) is 18.5 Å². The first-order chi connectivity index (χ1) is 12.4. The van der Waals surface area contributed by atoms with Crippen molar-refractivity contribution in [2.24, 2.45) is 0 Å². The molecule has 0 radical (unpaired) electrons. The Balaban J connectivity index is 1.75. The second-order valence-corrected chi connectivity index (χ2v) is 6.18. The molecule has 7 heteroatoms. The van der Waals surface area contributed by atoms with Crippen molar-refractivity contribution in [3.05, 3.63) is 77.9 Å². The van der Waals surface area contributed by atoms with Gasteiger partial charge in [-0.3, -0.25) is 4.90 Å². The molecule has 0 aliphatic heterocycles. The van der Waals surface area contributed by atoms with Gasteiger partial charge >= 0.3 is 6.18 Å². The van der Waals surface area contributed by atoms with Crippen LogP contribution in [-0.2, 0) is 12.7 Å². The van der Waals surface area contributed by atoms with E-state index in [-0.39, 0.29) is 18.2 Å². The molecule has 0 amide bonds. The minimum Gasteiger partial charge on any atom is -0.295 e. The summed E-state index contributed by atoms with van der Waals surface area (Å²) in [6.07, 6.45) is -1.28. The van der Waals surface area contributed by atoms with Crippen LogP contribution in [0.2, 0.25) is 0 Å². The van der Waals surface area contributed by atoms with Crippen LogP contribution < -0.4 is 0 Å². The second kappa shape index (κ2) is 7.29. The van der Waals surface area contributed by atoms with E-state index in [0.29, 0.717) is 0 Å². The number of aromatic nitrogens is 3. The van der Waals surface area contributed by atoms with Crippen molar-refractivity contribution in [3.63, 3.8) is 0 Å². The second-order valence-electron chi connectivity index (χ2n) is 6.18. The highest BCUT2D eigenvalue weighted by molar-refractivity contribution is 5.35. The number of hydrogen-bond donors (Lipinski definition) is 0. The lowest BCUT2D eigenvalue weighted by Crippen LogP contribution is -2.23. The molecule has 0 aliphatic rings. The summed E-state index contributed by atoms with van der Waals surface area (Å²) in [6.45, 7) is 2.18. The normalized spacial score (nSPS) is 13.2. The summed E-state index contributed by atoms with van der Waals surface area (Å²) < 4.78 is 41.2. The van der Waals surface area contributed by atoms with Gasteiger partial charge in [0, 0.05) is 12.6 Å². The van der Waals surface area contributed by atoms with Crippen LogP contribution in [0, 0.1) is 0 Å². The van der Waals surface area contributed by atoms with Gasteiger partial charge in [0.2, 0.25) is 0 Å². The van der Waals surface area contributed by atoms with E-state index in [1.54, 1.807) is 17.1 Å². The van der Waals surface area contributed by atoms with Crippen LogP contribution in [-0.4, -0.2) is 26.7 Å². The molecular formula is C19H19F3N4. The van der Waals surface area contributed by atoms with Crippen molar-refractivity contribution in [2.45, 2.75) is 25.7 Å². The minimum atomic E-state index is -4.35. The average molecular weight is 360 g/mol. The number of hydrogen-bond acceptors (Lipinski definition) is 3. The van der Waals surface area contributed by atoms with Gasteiger partial charge in [0.1, 0.15) is 12.7 Å². The Hall–Kier alpha value is -2.67. The zero-order chi connectivity index (χ0) is 18.7. The molecule has 3 aromatic rings. The number of alkyl halides is 3. The zero-order valence-electron chi connectivity index (χ0n) is 14.5. The molecule has 0 bridgehead atoms. The lowest BCUT2D eigenvalue weighted by molar-refractivity contribution is -0.138. The highest BCUT2D eigenvalue weighted by atomic mass is 19.4. The van der Waals surface area contributed by atoms with E-state index in [4.69, 9.17) is 0 Å².